The van der Waals surface area contributed by atoms with Gasteiger partial charge in [0.2, 0.25) is 0 Å². The van der Waals surface area contributed by atoms with Gasteiger partial charge in [-0.15, -0.1) is 0 Å². The van der Waals surface area contributed by atoms with Crippen molar-refractivity contribution in [3.8, 4) is 0 Å². The van der Waals surface area contributed by atoms with Crippen LogP contribution >= 0.6 is 0 Å². The molecule has 1 amide bonds. The van der Waals surface area contributed by atoms with Crippen LogP contribution in [0, 0.1) is 0 Å². The van der Waals surface area contributed by atoms with Gasteiger partial charge >= 0.3 is 0 Å². The summed E-state index contributed by atoms with van der Waals surface area (Å²) in [6, 6.07) is 0. The van der Waals surface area contributed by atoms with E-state index in [0.29, 0.717) is 0 Å². The van der Waals surface area contributed by atoms with E-state index in [2.05, 4.69) is 13.8 Å². The Bertz CT molecular complexity index is 297. The Morgan fingerprint density at radius 2 is 1.92 bits per heavy atom. The lowest BCUT2D eigenvalue weighted by Crippen LogP contribution is -2.39. The van der Waals surface area contributed by atoms with Gasteiger partial charge < -0.3 is 4.90 Å². The van der Waals surface area contributed by atoms with Crippen molar-refractivity contribution in [2.75, 3.05) is 7.05 Å². The summed E-state index contributed by atoms with van der Waals surface area (Å²) in [5.41, 5.74) is 1.86. The van der Waals surface area contributed by atoms with E-state index in [4.69, 9.17) is 0 Å². The van der Waals surface area contributed by atoms with Crippen LogP contribution in [0.1, 0.15) is 27.7 Å². The second-order valence-corrected chi connectivity index (χ2v) is 3.96. The van der Waals surface area contributed by atoms with E-state index in [1.54, 1.807) is 4.90 Å². The standard InChI is InChI=1S/C11H17NO/c1-6-7-9-8(2)11(3,4)12(5)10(9)13/h6-7H,1-5H3/b7-6-. The number of allylic oxidation sites excluding steroid dienone is 1. The van der Waals surface area contributed by atoms with E-state index in [1.165, 1.54) is 0 Å². The normalized spacial score (nSPS) is 22.2. The van der Waals surface area contributed by atoms with E-state index in [-0.39, 0.29) is 11.4 Å². The summed E-state index contributed by atoms with van der Waals surface area (Å²) in [6.07, 6.45) is 3.80. The van der Waals surface area contributed by atoms with Crippen molar-refractivity contribution in [2.45, 2.75) is 33.2 Å². The highest BCUT2D eigenvalue weighted by atomic mass is 16.2. The number of nitrogens with zero attached hydrogens (tertiary/aromatic N) is 1. The molecule has 0 saturated heterocycles. The van der Waals surface area contributed by atoms with E-state index >= 15 is 0 Å². The largest absolute Gasteiger partial charge is 0.333 e. The number of hydrogen-bond donors (Lipinski definition) is 0. The molecule has 0 fully saturated rings. The maximum absolute atomic E-state index is 11.7. The first kappa shape index (κ1) is 10.0. The minimum Gasteiger partial charge on any atom is -0.333 e. The molecule has 1 aliphatic heterocycles. The van der Waals surface area contributed by atoms with Crippen molar-refractivity contribution < 1.29 is 4.79 Å². The lowest BCUT2D eigenvalue weighted by atomic mass is 9.95. The first-order valence-corrected chi connectivity index (χ1v) is 4.55. The topological polar surface area (TPSA) is 20.3 Å². The van der Waals surface area contributed by atoms with Gasteiger partial charge in [0.1, 0.15) is 0 Å². The van der Waals surface area contributed by atoms with Crippen LogP contribution in [0.4, 0.5) is 0 Å². The molecule has 0 atom stereocenters. The Balaban J connectivity index is 3.20. The van der Waals surface area contributed by atoms with Crippen LogP contribution in [0.15, 0.2) is 23.3 Å². The van der Waals surface area contributed by atoms with Crippen molar-refractivity contribution in [3.63, 3.8) is 0 Å². The Morgan fingerprint density at radius 1 is 1.38 bits per heavy atom. The van der Waals surface area contributed by atoms with Gasteiger partial charge in [-0.05, 0) is 33.3 Å². The van der Waals surface area contributed by atoms with Crippen LogP contribution in [0.5, 0.6) is 0 Å². The SMILES string of the molecule is C/C=C\C1=C(C)C(C)(C)N(C)C1=O. The summed E-state index contributed by atoms with van der Waals surface area (Å²) < 4.78 is 0. The highest BCUT2D eigenvalue weighted by Crippen LogP contribution is 2.33. The number of likely N-dealkylation sites (N-methyl/N-ethyl adjacent to an activating group) is 1. The molecule has 2 heteroatoms. The van der Waals surface area contributed by atoms with Crippen molar-refractivity contribution >= 4 is 5.91 Å². The third-order valence-electron chi connectivity index (χ3n) is 3.03. The van der Waals surface area contributed by atoms with Crippen molar-refractivity contribution in [1.82, 2.24) is 4.90 Å². The molecule has 1 aliphatic rings. The van der Waals surface area contributed by atoms with Gasteiger partial charge in [-0.25, -0.2) is 0 Å². The maximum atomic E-state index is 11.7. The van der Waals surface area contributed by atoms with Crippen molar-refractivity contribution in [1.29, 1.82) is 0 Å². The van der Waals surface area contributed by atoms with Gasteiger partial charge in [-0.1, -0.05) is 12.2 Å². The number of amides is 1. The summed E-state index contributed by atoms with van der Waals surface area (Å²) in [7, 11) is 1.85. The summed E-state index contributed by atoms with van der Waals surface area (Å²) in [5, 5.41) is 0. The molecule has 0 radical (unpaired) electrons. The molecular formula is C11H17NO. The second kappa shape index (κ2) is 3.02. The zero-order valence-corrected chi connectivity index (χ0v) is 9.01. The summed E-state index contributed by atoms with van der Waals surface area (Å²) in [6.45, 7) is 8.09. The minimum atomic E-state index is -0.133. The molecule has 0 N–H and O–H groups in total. The Labute approximate surface area is 79.9 Å². The Morgan fingerprint density at radius 3 is 2.23 bits per heavy atom. The van der Waals surface area contributed by atoms with Crippen LogP contribution in [0.3, 0.4) is 0 Å². The monoisotopic (exact) mass is 179 g/mol. The van der Waals surface area contributed by atoms with Crippen LogP contribution in [-0.2, 0) is 4.79 Å². The number of carbonyl (C=O) groups is 1. The van der Waals surface area contributed by atoms with Gasteiger partial charge in [0.05, 0.1) is 5.54 Å². The molecule has 0 aromatic rings. The molecule has 2 nitrogen and oxygen atoms in total. The van der Waals surface area contributed by atoms with E-state index < -0.39 is 0 Å². The van der Waals surface area contributed by atoms with Crippen molar-refractivity contribution in [2.24, 2.45) is 0 Å². The zero-order chi connectivity index (χ0) is 10.2. The fourth-order valence-corrected chi connectivity index (χ4v) is 1.54. The molecule has 0 aromatic carbocycles. The zero-order valence-electron chi connectivity index (χ0n) is 9.01. The highest BCUT2D eigenvalue weighted by molar-refractivity contribution is 6.00. The minimum absolute atomic E-state index is 0.126. The second-order valence-electron chi connectivity index (χ2n) is 3.96. The first-order chi connectivity index (χ1) is 5.92. The molecule has 0 spiro atoms. The van der Waals surface area contributed by atoms with Gasteiger partial charge in [0, 0.05) is 12.6 Å². The smallest absolute Gasteiger partial charge is 0.254 e. The molecule has 0 unspecified atom stereocenters. The van der Waals surface area contributed by atoms with Crippen LogP contribution in [0.2, 0.25) is 0 Å². The predicted octanol–water partition coefficient (Wildman–Crippen LogP) is 2.13. The molecule has 0 bridgehead atoms. The Hall–Kier alpha value is -1.05. The van der Waals surface area contributed by atoms with Crippen molar-refractivity contribution in [3.05, 3.63) is 23.3 Å². The maximum Gasteiger partial charge on any atom is 0.254 e. The lowest BCUT2D eigenvalue weighted by molar-refractivity contribution is -0.127. The molecule has 1 rings (SSSR count). The summed E-state index contributed by atoms with van der Waals surface area (Å²) >= 11 is 0. The van der Waals surface area contributed by atoms with Crippen LogP contribution in [-0.4, -0.2) is 23.4 Å². The van der Waals surface area contributed by atoms with Crippen LogP contribution in [0.25, 0.3) is 0 Å². The van der Waals surface area contributed by atoms with Gasteiger partial charge in [-0.2, -0.15) is 0 Å². The molecule has 0 aliphatic carbocycles. The first-order valence-electron chi connectivity index (χ1n) is 4.55. The lowest BCUT2D eigenvalue weighted by Gasteiger charge is -2.29. The molecule has 0 saturated carbocycles. The van der Waals surface area contributed by atoms with E-state index in [9.17, 15) is 4.79 Å². The van der Waals surface area contributed by atoms with Gasteiger partial charge in [0.15, 0.2) is 0 Å². The molecule has 1 heterocycles. The van der Waals surface area contributed by atoms with Gasteiger partial charge in [-0.3, -0.25) is 4.79 Å². The van der Waals surface area contributed by atoms with E-state index in [1.807, 2.05) is 33.0 Å². The molecule has 13 heavy (non-hydrogen) atoms. The third kappa shape index (κ3) is 1.30. The summed E-state index contributed by atoms with van der Waals surface area (Å²) in [5.74, 6) is 0.126. The number of carbonyl (C=O) groups excluding carboxylic acids is 1. The fourth-order valence-electron chi connectivity index (χ4n) is 1.54. The van der Waals surface area contributed by atoms with E-state index in [0.717, 1.165) is 11.1 Å². The van der Waals surface area contributed by atoms with Gasteiger partial charge in [0.25, 0.3) is 5.91 Å². The number of hydrogen-bond acceptors (Lipinski definition) is 1. The third-order valence-corrected chi connectivity index (χ3v) is 3.03. The number of rotatable bonds is 1. The quantitative estimate of drug-likeness (QED) is 0.604. The summed E-state index contributed by atoms with van der Waals surface area (Å²) in [4.78, 5) is 13.5. The highest BCUT2D eigenvalue weighted by Gasteiger charge is 2.39. The van der Waals surface area contributed by atoms with Crippen LogP contribution < -0.4 is 0 Å². The fraction of sp³-hybridized carbons (Fsp3) is 0.545. The average molecular weight is 179 g/mol. The molecule has 72 valence electrons. The molecular weight excluding hydrogens is 162 g/mol. The average Bonchev–Trinajstić information content (AvgIpc) is 2.21. The predicted molar refractivity (Wildman–Crippen MR) is 54.4 cm³/mol. The molecule has 0 aromatic heterocycles. The Kier molecular flexibility index (Phi) is 2.33.